The second kappa shape index (κ2) is 9.26. The molecular weight excluding hydrogens is 415 g/mol. The van der Waals surface area contributed by atoms with E-state index < -0.39 is 0 Å². The van der Waals surface area contributed by atoms with Crippen LogP contribution in [0.15, 0.2) is 97.1 Å². The Hall–Kier alpha value is -2.60. The first-order chi connectivity index (χ1) is 14.2. The fourth-order valence-corrected chi connectivity index (χ4v) is 5.72. The molecule has 0 bridgehead atoms. The summed E-state index contributed by atoms with van der Waals surface area (Å²) in [7, 11) is 0. The van der Waals surface area contributed by atoms with Crippen LogP contribution in [-0.2, 0) is 12.8 Å². The molecule has 0 aromatic heterocycles. The van der Waals surface area contributed by atoms with Gasteiger partial charge in [-0.15, -0.1) is 0 Å². The van der Waals surface area contributed by atoms with Crippen LogP contribution in [0.4, 0.5) is 0 Å². The molecule has 29 heavy (non-hydrogen) atoms. The van der Waals surface area contributed by atoms with Crippen molar-refractivity contribution in [2.24, 2.45) is 0 Å². The van der Waals surface area contributed by atoms with Crippen LogP contribution in [0.25, 0.3) is 0 Å². The average molecular weight is 441 g/mol. The fourth-order valence-electron chi connectivity index (χ4n) is 3.47. The molecule has 0 aliphatic rings. The molecule has 0 saturated heterocycles. The first-order valence-electron chi connectivity index (χ1n) is 10.1. The van der Waals surface area contributed by atoms with Crippen LogP contribution in [0.5, 0.6) is 0 Å². The molecule has 144 valence electrons. The van der Waals surface area contributed by atoms with E-state index in [1.807, 2.05) is 0 Å². The first kappa shape index (κ1) is 19.7. The Morgan fingerprint density at radius 1 is 0.483 bits per heavy atom. The van der Waals surface area contributed by atoms with Crippen molar-refractivity contribution in [3.8, 4) is 0 Å². The Bertz CT molecular complexity index is 987. The number of hydrogen-bond acceptors (Lipinski definition) is 0. The molecule has 0 amide bonds. The van der Waals surface area contributed by atoms with E-state index in [1.165, 1.54) is 42.3 Å². The standard InChI is InChI=1S/C28H26Se/c1-21-11-15-23(16-12-21)19-25-7-3-5-9-27(25)29-28-10-6-4-8-26(28)20-24-17-13-22(2)14-18-24/h3-18H,19-20H2,1-2H3. The first-order valence-corrected chi connectivity index (χ1v) is 11.8. The van der Waals surface area contributed by atoms with E-state index >= 15 is 0 Å². The van der Waals surface area contributed by atoms with Gasteiger partial charge in [0.15, 0.2) is 0 Å². The summed E-state index contributed by atoms with van der Waals surface area (Å²) in [6.07, 6.45) is 2.00. The summed E-state index contributed by atoms with van der Waals surface area (Å²) < 4.78 is 2.97. The molecule has 0 saturated carbocycles. The Kier molecular flexibility index (Phi) is 6.30. The zero-order valence-electron chi connectivity index (χ0n) is 17.1. The van der Waals surface area contributed by atoms with Gasteiger partial charge in [-0.05, 0) is 0 Å². The van der Waals surface area contributed by atoms with Crippen molar-refractivity contribution in [2.75, 3.05) is 0 Å². The van der Waals surface area contributed by atoms with E-state index in [9.17, 15) is 0 Å². The van der Waals surface area contributed by atoms with Crippen LogP contribution in [0.3, 0.4) is 0 Å². The van der Waals surface area contributed by atoms with E-state index in [4.69, 9.17) is 0 Å². The Morgan fingerprint density at radius 3 is 1.28 bits per heavy atom. The topological polar surface area (TPSA) is 0 Å². The van der Waals surface area contributed by atoms with Crippen molar-refractivity contribution in [1.29, 1.82) is 0 Å². The predicted octanol–water partition coefficient (Wildman–Crippen LogP) is 5.14. The van der Waals surface area contributed by atoms with E-state index in [2.05, 4.69) is 111 Å². The van der Waals surface area contributed by atoms with Crippen LogP contribution >= 0.6 is 0 Å². The van der Waals surface area contributed by atoms with Gasteiger partial charge in [0, 0.05) is 0 Å². The summed E-state index contributed by atoms with van der Waals surface area (Å²) in [6, 6.07) is 35.8. The minimum absolute atomic E-state index is 0.294. The van der Waals surface area contributed by atoms with Gasteiger partial charge >= 0.3 is 181 Å². The third-order valence-corrected chi connectivity index (χ3v) is 7.79. The number of aryl methyl sites for hydroxylation is 2. The maximum absolute atomic E-state index is 2.31. The molecule has 0 fully saturated rings. The second-order valence-electron chi connectivity index (χ2n) is 7.64. The zero-order chi connectivity index (χ0) is 20.1. The molecule has 4 rings (SSSR count). The minimum atomic E-state index is 0.294. The Morgan fingerprint density at radius 2 is 0.862 bits per heavy atom. The third kappa shape index (κ3) is 5.26. The van der Waals surface area contributed by atoms with Gasteiger partial charge in [0.1, 0.15) is 0 Å². The van der Waals surface area contributed by atoms with Crippen molar-refractivity contribution in [3.63, 3.8) is 0 Å². The number of hydrogen-bond donors (Lipinski definition) is 0. The van der Waals surface area contributed by atoms with Gasteiger partial charge in [0.25, 0.3) is 0 Å². The summed E-state index contributed by atoms with van der Waals surface area (Å²) in [4.78, 5) is 0. The van der Waals surface area contributed by atoms with Gasteiger partial charge in [-0.1, -0.05) is 0 Å². The van der Waals surface area contributed by atoms with Crippen LogP contribution in [-0.4, -0.2) is 15.0 Å². The van der Waals surface area contributed by atoms with Crippen molar-refractivity contribution in [2.45, 2.75) is 26.7 Å². The van der Waals surface area contributed by atoms with Gasteiger partial charge in [-0.25, -0.2) is 0 Å². The Labute approximate surface area is 180 Å². The molecule has 4 aromatic carbocycles. The molecule has 0 atom stereocenters. The van der Waals surface area contributed by atoms with Crippen LogP contribution in [0.1, 0.15) is 33.4 Å². The molecular formula is C28H26Se. The van der Waals surface area contributed by atoms with Crippen molar-refractivity contribution in [3.05, 3.63) is 130 Å². The summed E-state index contributed by atoms with van der Waals surface area (Å²) in [5.41, 5.74) is 8.29. The molecule has 0 spiro atoms. The monoisotopic (exact) mass is 442 g/mol. The third-order valence-electron chi connectivity index (χ3n) is 5.20. The van der Waals surface area contributed by atoms with Crippen LogP contribution in [0.2, 0.25) is 0 Å². The summed E-state index contributed by atoms with van der Waals surface area (Å²) in [5.74, 6) is 0. The molecule has 0 heterocycles. The molecule has 0 aliphatic heterocycles. The van der Waals surface area contributed by atoms with E-state index in [-0.39, 0.29) is 0 Å². The quantitative estimate of drug-likeness (QED) is 0.364. The predicted molar refractivity (Wildman–Crippen MR) is 126 cm³/mol. The molecule has 0 aliphatic carbocycles. The SMILES string of the molecule is Cc1ccc(Cc2ccccc2[Se]c2ccccc2Cc2ccc(C)cc2)cc1. The summed E-state index contributed by atoms with van der Waals surface area (Å²) in [6.45, 7) is 4.29. The van der Waals surface area contributed by atoms with Gasteiger partial charge in [-0.2, -0.15) is 0 Å². The Balaban J connectivity index is 1.58. The summed E-state index contributed by atoms with van der Waals surface area (Å²) >= 11 is 0.294. The normalized spacial score (nSPS) is 10.8. The summed E-state index contributed by atoms with van der Waals surface area (Å²) in [5, 5.41) is 0. The van der Waals surface area contributed by atoms with E-state index in [0.29, 0.717) is 15.0 Å². The van der Waals surface area contributed by atoms with Gasteiger partial charge < -0.3 is 0 Å². The second-order valence-corrected chi connectivity index (χ2v) is 9.92. The van der Waals surface area contributed by atoms with Crippen molar-refractivity contribution in [1.82, 2.24) is 0 Å². The maximum atomic E-state index is 2.31. The number of rotatable bonds is 6. The van der Waals surface area contributed by atoms with E-state index in [1.54, 1.807) is 0 Å². The van der Waals surface area contributed by atoms with Gasteiger partial charge in [-0.3, -0.25) is 0 Å². The molecule has 0 unspecified atom stereocenters. The van der Waals surface area contributed by atoms with Gasteiger partial charge in [0.05, 0.1) is 0 Å². The van der Waals surface area contributed by atoms with Crippen molar-refractivity contribution >= 4 is 23.9 Å². The molecule has 0 radical (unpaired) electrons. The van der Waals surface area contributed by atoms with Gasteiger partial charge in [0.2, 0.25) is 0 Å². The van der Waals surface area contributed by atoms with E-state index in [0.717, 1.165) is 12.8 Å². The fraction of sp³-hybridized carbons (Fsp3) is 0.143. The molecule has 1 heteroatoms. The van der Waals surface area contributed by atoms with Crippen molar-refractivity contribution < 1.29 is 0 Å². The molecule has 4 aromatic rings. The van der Waals surface area contributed by atoms with Crippen LogP contribution in [0, 0.1) is 13.8 Å². The average Bonchev–Trinajstić information content (AvgIpc) is 2.74. The molecule has 0 N–H and O–H groups in total. The van der Waals surface area contributed by atoms with Crippen LogP contribution < -0.4 is 8.92 Å². The number of benzene rings is 4. The molecule has 0 nitrogen and oxygen atoms in total. The zero-order valence-corrected chi connectivity index (χ0v) is 18.8.